The first-order valence-corrected chi connectivity index (χ1v) is 6.61. The van der Waals surface area contributed by atoms with Crippen LogP contribution in [0.15, 0.2) is 36.2 Å². The second-order valence-electron chi connectivity index (χ2n) is 4.73. The molecule has 21 heavy (non-hydrogen) atoms. The van der Waals surface area contributed by atoms with E-state index in [-0.39, 0.29) is 0 Å². The van der Waals surface area contributed by atoms with Crippen molar-refractivity contribution in [2.45, 2.75) is 19.5 Å². The second kappa shape index (κ2) is 7.26. The van der Waals surface area contributed by atoms with Gasteiger partial charge in [0.05, 0.1) is 11.3 Å². The highest BCUT2D eigenvalue weighted by atomic mass is 19.4. The number of halogens is 3. The van der Waals surface area contributed by atoms with E-state index in [1.807, 2.05) is 38.1 Å². The lowest BCUT2D eigenvalue weighted by molar-refractivity contribution is -0.137. The third-order valence-corrected chi connectivity index (χ3v) is 2.92. The first-order chi connectivity index (χ1) is 9.79. The van der Waals surface area contributed by atoms with Gasteiger partial charge in [0.1, 0.15) is 0 Å². The Bertz CT molecular complexity index is 514. The molecule has 0 aliphatic rings. The maximum absolute atomic E-state index is 12.5. The van der Waals surface area contributed by atoms with E-state index in [1.165, 1.54) is 6.07 Å². The van der Waals surface area contributed by atoms with Gasteiger partial charge in [0.2, 0.25) is 0 Å². The van der Waals surface area contributed by atoms with E-state index in [4.69, 9.17) is 5.73 Å². The Balaban J connectivity index is 3.16. The molecule has 3 nitrogen and oxygen atoms in total. The lowest BCUT2D eigenvalue weighted by atomic mass is 10.1. The molecule has 116 valence electrons. The van der Waals surface area contributed by atoms with Gasteiger partial charge in [-0.05, 0) is 30.2 Å². The molecule has 1 heterocycles. The predicted molar refractivity (Wildman–Crippen MR) is 78.3 cm³/mol. The summed E-state index contributed by atoms with van der Waals surface area (Å²) in [4.78, 5) is 5.79. The monoisotopic (exact) mass is 299 g/mol. The Labute approximate surface area is 123 Å². The van der Waals surface area contributed by atoms with Gasteiger partial charge in [-0.25, -0.2) is 0 Å². The number of rotatable bonds is 5. The van der Waals surface area contributed by atoms with E-state index in [1.54, 1.807) is 0 Å². The van der Waals surface area contributed by atoms with Gasteiger partial charge in [-0.3, -0.25) is 4.98 Å². The maximum atomic E-state index is 12.5. The van der Waals surface area contributed by atoms with Gasteiger partial charge >= 0.3 is 6.18 Å². The molecule has 0 saturated heterocycles. The van der Waals surface area contributed by atoms with E-state index in [0.29, 0.717) is 12.2 Å². The van der Waals surface area contributed by atoms with Gasteiger partial charge < -0.3 is 10.6 Å². The fourth-order valence-corrected chi connectivity index (χ4v) is 1.74. The van der Waals surface area contributed by atoms with Gasteiger partial charge in [0.15, 0.2) is 0 Å². The molecule has 2 N–H and O–H groups in total. The highest BCUT2D eigenvalue weighted by molar-refractivity contribution is 5.72. The summed E-state index contributed by atoms with van der Waals surface area (Å²) in [6.07, 6.45) is 0.986. The third kappa shape index (κ3) is 4.90. The normalized spacial score (nSPS) is 13.5. The average Bonchev–Trinajstić information content (AvgIpc) is 2.42. The number of nitrogens with zero attached hydrogens (tertiary/aromatic N) is 2. The van der Waals surface area contributed by atoms with Crippen LogP contribution in [0.25, 0.3) is 5.57 Å². The molecule has 0 radical (unpaired) electrons. The van der Waals surface area contributed by atoms with Crippen molar-refractivity contribution in [2.24, 2.45) is 5.73 Å². The number of alkyl halides is 3. The fourth-order valence-electron chi connectivity index (χ4n) is 1.74. The quantitative estimate of drug-likeness (QED) is 0.848. The van der Waals surface area contributed by atoms with Crippen LogP contribution in [-0.4, -0.2) is 30.5 Å². The van der Waals surface area contributed by atoms with Gasteiger partial charge in [-0.1, -0.05) is 13.0 Å². The number of likely N-dealkylation sites (N-methyl/N-ethyl adjacent to an activating group) is 1. The average molecular weight is 299 g/mol. The van der Waals surface area contributed by atoms with E-state index in [2.05, 4.69) is 4.98 Å². The zero-order valence-electron chi connectivity index (χ0n) is 12.4. The molecule has 0 amide bonds. The zero-order valence-corrected chi connectivity index (χ0v) is 12.4. The number of pyridine rings is 1. The number of hydrogen-bond acceptors (Lipinski definition) is 3. The predicted octanol–water partition coefficient (Wildman–Crippen LogP) is 3.30. The maximum Gasteiger partial charge on any atom is 0.417 e. The Morgan fingerprint density at radius 2 is 2.00 bits per heavy atom. The summed E-state index contributed by atoms with van der Waals surface area (Å²) in [6, 6.07) is 2.42. The third-order valence-electron chi connectivity index (χ3n) is 2.92. The highest BCUT2D eigenvalue weighted by Crippen LogP contribution is 2.29. The van der Waals surface area contributed by atoms with Crippen LogP contribution in [0.4, 0.5) is 13.2 Å². The smallest absolute Gasteiger partial charge is 0.380 e. The summed E-state index contributed by atoms with van der Waals surface area (Å²) in [7, 11) is 3.73. The van der Waals surface area contributed by atoms with Crippen LogP contribution >= 0.6 is 0 Å². The molecule has 1 rings (SSSR count). The SMILES string of the molecule is CC/C=C(/C=C(/CN)N(C)C)c1ccc(C(F)(F)F)cn1. The summed E-state index contributed by atoms with van der Waals surface area (Å²) < 4.78 is 37.6. The van der Waals surface area contributed by atoms with Crippen molar-refractivity contribution < 1.29 is 13.2 Å². The van der Waals surface area contributed by atoms with Crippen molar-refractivity contribution in [3.8, 4) is 0 Å². The minimum Gasteiger partial charge on any atom is -0.380 e. The molecule has 0 bridgehead atoms. The highest BCUT2D eigenvalue weighted by Gasteiger charge is 2.30. The summed E-state index contributed by atoms with van der Waals surface area (Å²) >= 11 is 0. The van der Waals surface area contributed by atoms with E-state index >= 15 is 0 Å². The number of allylic oxidation sites excluding steroid dienone is 3. The summed E-state index contributed by atoms with van der Waals surface area (Å²) in [5.74, 6) is 0. The van der Waals surface area contributed by atoms with Crippen LogP contribution in [0.3, 0.4) is 0 Å². The number of aromatic nitrogens is 1. The van der Waals surface area contributed by atoms with Crippen LogP contribution in [0.2, 0.25) is 0 Å². The summed E-state index contributed by atoms with van der Waals surface area (Å²) in [5.41, 5.74) is 7.05. The molecule has 1 aromatic heterocycles. The molecule has 0 saturated carbocycles. The fraction of sp³-hybridized carbons (Fsp3) is 0.400. The largest absolute Gasteiger partial charge is 0.417 e. The van der Waals surface area contributed by atoms with Gasteiger partial charge in [0, 0.05) is 32.5 Å². The van der Waals surface area contributed by atoms with Gasteiger partial charge in [-0.2, -0.15) is 13.2 Å². The Kier molecular flexibility index (Phi) is 5.96. The topological polar surface area (TPSA) is 42.1 Å². The van der Waals surface area contributed by atoms with Crippen molar-refractivity contribution in [1.29, 1.82) is 0 Å². The lowest BCUT2D eigenvalue weighted by Gasteiger charge is -2.16. The standard InChI is InChI=1S/C15H20F3N3/c1-4-5-11(8-13(9-19)21(2)3)14-7-6-12(10-20-14)15(16,17)18/h5-8,10H,4,9,19H2,1-3H3/b11-5-,13-8-. The van der Waals surface area contributed by atoms with Crippen LogP contribution in [0.1, 0.15) is 24.6 Å². The van der Waals surface area contributed by atoms with Crippen molar-refractivity contribution >= 4 is 5.57 Å². The van der Waals surface area contributed by atoms with E-state index in [9.17, 15) is 13.2 Å². The molecule has 0 aliphatic carbocycles. The molecule has 0 aromatic carbocycles. The van der Waals surface area contributed by atoms with Crippen molar-refractivity contribution in [1.82, 2.24) is 9.88 Å². The lowest BCUT2D eigenvalue weighted by Crippen LogP contribution is -2.19. The van der Waals surface area contributed by atoms with Crippen molar-refractivity contribution in [2.75, 3.05) is 20.6 Å². The van der Waals surface area contributed by atoms with Crippen LogP contribution in [0, 0.1) is 0 Å². The Morgan fingerprint density at radius 1 is 1.33 bits per heavy atom. The number of hydrogen-bond donors (Lipinski definition) is 1. The Hall–Kier alpha value is -1.82. The molecule has 0 atom stereocenters. The molecule has 0 fully saturated rings. The van der Waals surface area contributed by atoms with Crippen LogP contribution in [0.5, 0.6) is 0 Å². The molecule has 0 unspecified atom stereocenters. The first kappa shape index (κ1) is 17.2. The Morgan fingerprint density at radius 3 is 2.38 bits per heavy atom. The molecular formula is C15H20F3N3. The molecule has 0 spiro atoms. The summed E-state index contributed by atoms with van der Waals surface area (Å²) in [5, 5.41) is 0. The molecule has 6 heteroatoms. The minimum atomic E-state index is -4.37. The molecule has 0 aliphatic heterocycles. The van der Waals surface area contributed by atoms with Gasteiger partial charge in [-0.15, -0.1) is 0 Å². The van der Waals surface area contributed by atoms with E-state index in [0.717, 1.165) is 30.0 Å². The molecular weight excluding hydrogens is 279 g/mol. The van der Waals surface area contributed by atoms with Crippen LogP contribution < -0.4 is 5.73 Å². The zero-order chi connectivity index (χ0) is 16.0. The van der Waals surface area contributed by atoms with Crippen molar-refractivity contribution in [3.63, 3.8) is 0 Å². The number of nitrogens with two attached hydrogens (primary N) is 1. The van der Waals surface area contributed by atoms with E-state index < -0.39 is 11.7 Å². The first-order valence-electron chi connectivity index (χ1n) is 6.61. The second-order valence-corrected chi connectivity index (χ2v) is 4.73. The van der Waals surface area contributed by atoms with Crippen LogP contribution in [-0.2, 0) is 6.18 Å². The minimum absolute atomic E-state index is 0.342. The van der Waals surface area contributed by atoms with Crippen molar-refractivity contribution in [3.05, 3.63) is 47.4 Å². The summed E-state index contributed by atoms with van der Waals surface area (Å²) in [6.45, 7) is 2.30. The van der Waals surface area contributed by atoms with Gasteiger partial charge in [0.25, 0.3) is 0 Å². The molecule has 1 aromatic rings.